The van der Waals surface area contributed by atoms with Crippen molar-refractivity contribution in [1.29, 1.82) is 0 Å². The molecular weight excluding hydrogens is 272 g/mol. The summed E-state index contributed by atoms with van der Waals surface area (Å²) in [5.74, 6) is -1.02. The van der Waals surface area contributed by atoms with Gasteiger partial charge in [0.25, 0.3) is 0 Å². The second-order valence-corrected chi connectivity index (χ2v) is 5.31. The van der Waals surface area contributed by atoms with Crippen LogP contribution in [0.25, 0.3) is 0 Å². The normalized spacial score (nSPS) is 12.7. The van der Waals surface area contributed by atoms with Gasteiger partial charge in [0, 0.05) is 12.3 Å². The summed E-state index contributed by atoms with van der Waals surface area (Å²) in [7, 11) is -2.61. The summed E-state index contributed by atoms with van der Waals surface area (Å²) in [4.78, 5) is 14.4. The fraction of sp³-hybridized carbons (Fsp3) is 0.273. The molecule has 0 bridgehead atoms. The number of aliphatic carboxylic acids is 1. The monoisotopic (exact) mass is 286 g/mol. The van der Waals surface area contributed by atoms with E-state index in [2.05, 4.69) is 16.3 Å². The van der Waals surface area contributed by atoms with Crippen LogP contribution in [0, 0.1) is 0 Å². The molecule has 0 radical (unpaired) electrons. The number of nitrogens with zero attached hydrogens (tertiary/aromatic N) is 1. The molecule has 0 amide bonds. The number of methoxy groups -OCH3 is 1. The van der Waals surface area contributed by atoms with Gasteiger partial charge in [0.1, 0.15) is 16.7 Å². The van der Waals surface area contributed by atoms with E-state index in [1.807, 2.05) is 0 Å². The molecule has 0 fully saturated rings. The first kappa shape index (κ1) is 15.1. The highest BCUT2D eigenvalue weighted by molar-refractivity contribution is 7.89. The third kappa shape index (κ3) is 4.04. The van der Waals surface area contributed by atoms with Crippen LogP contribution >= 0.6 is 0 Å². The molecule has 0 aromatic carbocycles. The Morgan fingerprint density at radius 2 is 2.32 bits per heavy atom. The average Bonchev–Trinajstić information content (AvgIpc) is 2.38. The van der Waals surface area contributed by atoms with Gasteiger partial charge in [-0.3, -0.25) is 9.78 Å². The minimum Gasteiger partial charge on any atom is -0.495 e. The molecule has 0 saturated carbocycles. The number of carbonyl (C=O) groups is 1. The number of pyridine rings is 1. The Morgan fingerprint density at radius 3 is 2.84 bits per heavy atom. The van der Waals surface area contributed by atoms with Crippen LogP contribution in [0.1, 0.15) is 6.42 Å². The van der Waals surface area contributed by atoms with Crippen molar-refractivity contribution in [1.82, 2.24) is 9.71 Å². The first-order valence-electron chi connectivity index (χ1n) is 5.25. The molecule has 1 rings (SSSR count). The van der Waals surface area contributed by atoms with E-state index in [0.29, 0.717) is 0 Å². The second kappa shape index (κ2) is 6.30. The predicted molar refractivity (Wildman–Crippen MR) is 67.3 cm³/mol. The number of rotatable bonds is 7. The van der Waals surface area contributed by atoms with Crippen molar-refractivity contribution >= 4 is 16.0 Å². The van der Waals surface area contributed by atoms with Crippen molar-refractivity contribution in [2.24, 2.45) is 0 Å². The van der Waals surface area contributed by atoms with Crippen LogP contribution in [0.3, 0.4) is 0 Å². The molecule has 0 spiro atoms. The van der Waals surface area contributed by atoms with Gasteiger partial charge in [0.15, 0.2) is 0 Å². The lowest BCUT2D eigenvalue weighted by Crippen LogP contribution is -2.40. The van der Waals surface area contributed by atoms with Crippen LogP contribution in [0.2, 0.25) is 0 Å². The molecule has 0 aliphatic carbocycles. The number of nitrogens with one attached hydrogen (secondary N) is 1. The van der Waals surface area contributed by atoms with E-state index in [1.54, 1.807) is 0 Å². The van der Waals surface area contributed by atoms with Crippen LogP contribution in [0.4, 0.5) is 0 Å². The van der Waals surface area contributed by atoms with E-state index in [1.165, 1.54) is 25.4 Å². The maximum Gasteiger partial charge on any atom is 0.322 e. The molecule has 0 aliphatic heterocycles. The van der Waals surface area contributed by atoms with Gasteiger partial charge in [0.2, 0.25) is 10.0 Å². The second-order valence-electron chi connectivity index (χ2n) is 3.60. The number of sulfonamides is 1. The molecule has 7 nitrogen and oxygen atoms in total. The van der Waals surface area contributed by atoms with E-state index in [4.69, 9.17) is 9.84 Å². The number of aromatic nitrogens is 1. The van der Waals surface area contributed by atoms with E-state index >= 15 is 0 Å². The number of hydrogen-bond acceptors (Lipinski definition) is 5. The number of carboxylic acids is 1. The summed E-state index contributed by atoms with van der Waals surface area (Å²) in [5, 5.41) is 8.90. The highest BCUT2D eigenvalue weighted by atomic mass is 32.2. The summed E-state index contributed by atoms with van der Waals surface area (Å²) < 4.78 is 30.9. The highest BCUT2D eigenvalue weighted by Gasteiger charge is 2.24. The Kier molecular flexibility index (Phi) is 5.02. The van der Waals surface area contributed by atoms with Crippen molar-refractivity contribution in [3.05, 3.63) is 31.1 Å². The smallest absolute Gasteiger partial charge is 0.322 e. The van der Waals surface area contributed by atoms with Gasteiger partial charge in [-0.25, -0.2) is 8.42 Å². The van der Waals surface area contributed by atoms with E-state index in [9.17, 15) is 13.2 Å². The van der Waals surface area contributed by atoms with E-state index in [0.717, 1.165) is 6.20 Å². The molecule has 1 atom stereocenters. The highest BCUT2D eigenvalue weighted by Crippen LogP contribution is 2.15. The van der Waals surface area contributed by atoms with Crippen LogP contribution in [-0.4, -0.2) is 37.6 Å². The quantitative estimate of drug-likeness (QED) is 0.703. The van der Waals surface area contributed by atoms with Gasteiger partial charge in [-0.2, -0.15) is 4.72 Å². The molecule has 1 aromatic rings. The summed E-state index contributed by atoms with van der Waals surface area (Å²) >= 11 is 0. The molecule has 0 saturated heterocycles. The Hall–Kier alpha value is -1.93. The lowest BCUT2D eigenvalue weighted by Gasteiger charge is -2.13. The van der Waals surface area contributed by atoms with Crippen LogP contribution in [-0.2, 0) is 14.8 Å². The predicted octanol–water partition coefficient (Wildman–Crippen LogP) is 0.398. The maximum atomic E-state index is 12.0. The zero-order valence-electron chi connectivity index (χ0n) is 10.2. The fourth-order valence-corrected chi connectivity index (χ4v) is 2.46. The molecule has 1 unspecified atom stereocenters. The summed E-state index contributed by atoms with van der Waals surface area (Å²) in [6, 6.07) is -0.0176. The van der Waals surface area contributed by atoms with Crippen LogP contribution in [0.5, 0.6) is 5.75 Å². The molecule has 8 heteroatoms. The van der Waals surface area contributed by atoms with Crippen molar-refractivity contribution in [2.45, 2.75) is 17.4 Å². The Labute approximate surface area is 111 Å². The molecule has 2 N–H and O–H groups in total. The molecule has 104 valence electrons. The number of carboxylic acid groups (broad SMARTS) is 1. The van der Waals surface area contributed by atoms with Crippen molar-refractivity contribution in [3.63, 3.8) is 0 Å². The molecule has 1 aromatic heterocycles. The molecule has 1 heterocycles. The lowest BCUT2D eigenvalue weighted by atomic mass is 10.2. The Morgan fingerprint density at radius 1 is 1.63 bits per heavy atom. The summed E-state index contributed by atoms with van der Waals surface area (Å²) in [6.45, 7) is 3.38. The lowest BCUT2D eigenvalue weighted by molar-refractivity contribution is -0.138. The average molecular weight is 286 g/mol. The zero-order valence-corrected chi connectivity index (χ0v) is 11.1. The Balaban J connectivity index is 3.02. The molecule has 19 heavy (non-hydrogen) atoms. The van der Waals surface area contributed by atoms with Gasteiger partial charge >= 0.3 is 5.97 Å². The SMILES string of the molecule is C=CCC(NS(=O)(=O)c1cncc(OC)c1)C(=O)O. The Bertz CT molecular complexity index is 570. The van der Waals surface area contributed by atoms with Crippen molar-refractivity contribution in [3.8, 4) is 5.75 Å². The van der Waals surface area contributed by atoms with E-state index in [-0.39, 0.29) is 17.1 Å². The van der Waals surface area contributed by atoms with Crippen molar-refractivity contribution in [2.75, 3.05) is 7.11 Å². The van der Waals surface area contributed by atoms with Gasteiger partial charge in [-0.05, 0) is 6.42 Å². The maximum absolute atomic E-state index is 12.0. The number of hydrogen-bond donors (Lipinski definition) is 2. The molecule has 0 aliphatic rings. The standard InChI is InChI=1S/C11H14N2O5S/c1-3-4-10(11(14)15)13-19(16,17)9-5-8(18-2)6-12-7-9/h3,5-7,10,13H,1,4H2,2H3,(H,14,15). The van der Waals surface area contributed by atoms with Crippen LogP contribution < -0.4 is 9.46 Å². The van der Waals surface area contributed by atoms with Gasteiger partial charge in [0.05, 0.1) is 13.3 Å². The topological polar surface area (TPSA) is 106 Å². The summed E-state index contributed by atoms with van der Waals surface area (Å²) in [6.07, 6.45) is 3.76. The third-order valence-corrected chi connectivity index (χ3v) is 3.67. The fourth-order valence-electron chi connectivity index (χ4n) is 1.28. The zero-order chi connectivity index (χ0) is 14.5. The van der Waals surface area contributed by atoms with Gasteiger partial charge < -0.3 is 9.84 Å². The first-order chi connectivity index (χ1) is 8.90. The molecular formula is C11H14N2O5S. The third-order valence-electron chi connectivity index (χ3n) is 2.23. The van der Waals surface area contributed by atoms with Gasteiger partial charge in [-0.1, -0.05) is 6.08 Å². The number of ether oxygens (including phenoxy) is 1. The largest absolute Gasteiger partial charge is 0.495 e. The first-order valence-corrected chi connectivity index (χ1v) is 6.74. The minimum absolute atomic E-state index is 0.0219. The van der Waals surface area contributed by atoms with Crippen LogP contribution in [0.15, 0.2) is 36.0 Å². The van der Waals surface area contributed by atoms with Gasteiger partial charge in [-0.15, -0.1) is 6.58 Å². The summed E-state index contributed by atoms with van der Waals surface area (Å²) in [5.41, 5.74) is 0. The van der Waals surface area contributed by atoms with E-state index < -0.39 is 22.0 Å². The van der Waals surface area contributed by atoms with Crippen molar-refractivity contribution < 1.29 is 23.1 Å². The minimum atomic E-state index is -3.98.